The van der Waals surface area contributed by atoms with Crippen LogP contribution in [0.2, 0.25) is 0 Å². The molecule has 0 amide bonds. The van der Waals surface area contributed by atoms with E-state index in [1.54, 1.807) is 11.1 Å². The highest BCUT2D eigenvalue weighted by Crippen LogP contribution is 2.26. The van der Waals surface area contributed by atoms with Gasteiger partial charge >= 0.3 is 0 Å². The minimum Gasteiger partial charge on any atom is -0.292 e. The minimum absolute atomic E-state index is 0.557. The molecule has 108 valence electrons. The van der Waals surface area contributed by atoms with E-state index in [0.29, 0.717) is 6.04 Å². The third-order valence-corrected chi connectivity index (χ3v) is 4.39. The summed E-state index contributed by atoms with van der Waals surface area (Å²) in [6.07, 6.45) is 4.69. The first-order valence-electron chi connectivity index (χ1n) is 7.65. The van der Waals surface area contributed by atoms with Gasteiger partial charge in [-0.2, -0.15) is 0 Å². The fourth-order valence-electron chi connectivity index (χ4n) is 2.86. The van der Waals surface area contributed by atoms with Gasteiger partial charge in [-0.15, -0.1) is 0 Å². The summed E-state index contributed by atoms with van der Waals surface area (Å²) >= 11 is 0. The lowest BCUT2D eigenvalue weighted by Crippen LogP contribution is -2.42. The average molecular weight is 269 g/mol. The Bertz CT molecular complexity index is 492. The second-order valence-electron chi connectivity index (χ2n) is 6.20. The summed E-state index contributed by atoms with van der Waals surface area (Å²) in [6, 6.07) is 11.4. The van der Waals surface area contributed by atoms with Crippen molar-refractivity contribution in [1.29, 1.82) is 0 Å². The molecule has 1 aliphatic heterocycles. The number of hydrogen-bond acceptors (Lipinski definition) is 1. The molecular weight excluding hydrogens is 242 g/mol. The van der Waals surface area contributed by atoms with Crippen LogP contribution in [0, 0.1) is 0 Å². The molecule has 0 saturated carbocycles. The van der Waals surface area contributed by atoms with Gasteiger partial charge < -0.3 is 0 Å². The van der Waals surface area contributed by atoms with E-state index in [1.807, 2.05) is 0 Å². The molecule has 0 spiro atoms. The van der Waals surface area contributed by atoms with Gasteiger partial charge in [0.15, 0.2) is 0 Å². The topological polar surface area (TPSA) is 3.24 Å². The van der Waals surface area contributed by atoms with E-state index < -0.39 is 0 Å². The van der Waals surface area contributed by atoms with Crippen molar-refractivity contribution < 1.29 is 0 Å². The van der Waals surface area contributed by atoms with Gasteiger partial charge in [0, 0.05) is 19.1 Å². The van der Waals surface area contributed by atoms with Crippen molar-refractivity contribution in [3.63, 3.8) is 0 Å². The van der Waals surface area contributed by atoms with Crippen LogP contribution in [0.1, 0.15) is 39.7 Å². The summed E-state index contributed by atoms with van der Waals surface area (Å²) < 4.78 is 0. The van der Waals surface area contributed by atoms with Gasteiger partial charge in [0.1, 0.15) is 0 Å². The standard InChI is InChI=1S/C19H27N/c1-15(2)10-12-20-13-11-16(3)17(4)19(20)14-18-8-6-5-7-9-18/h5-10,19H,11-14H2,1-4H3. The molecule has 20 heavy (non-hydrogen) atoms. The lowest BCUT2D eigenvalue weighted by Gasteiger charge is -2.37. The van der Waals surface area contributed by atoms with E-state index in [0.717, 1.165) is 13.0 Å². The largest absolute Gasteiger partial charge is 0.292 e. The SMILES string of the molecule is CC(C)=CCN1CCC(C)=C(C)C1Cc1ccccc1. The van der Waals surface area contributed by atoms with Crippen LogP contribution in [0.5, 0.6) is 0 Å². The molecule has 0 N–H and O–H groups in total. The van der Waals surface area contributed by atoms with E-state index in [9.17, 15) is 0 Å². The molecular formula is C19H27N. The van der Waals surface area contributed by atoms with E-state index in [4.69, 9.17) is 0 Å². The van der Waals surface area contributed by atoms with Crippen LogP contribution in [-0.4, -0.2) is 24.0 Å². The highest BCUT2D eigenvalue weighted by atomic mass is 15.2. The monoisotopic (exact) mass is 269 g/mol. The molecule has 0 radical (unpaired) electrons. The minimum atomic E-state index is 0.557. The third-order valence-electron chi connectivity index (χ3n) is 4.39. The molecule has 2 rings (SSSR count). The Labute approximate surface area is 124 Å². The average Bonchev–Trinajstić information content (AvgIpc) is 2.44. The Morgan fingerprint density at radius 2 is 1.90 bits per heavy atom. The van der Waals surface area contributed by atoms with Crippen molar-refractivity contribution in [2.24, 2.45) is 0 Å². The summed E-state index contributed by atoms with van der Waals surface area (Å²) in [5, 5.41) is 0. The van der Waals surface area contributed by atoms with Crippen LogP contribution in [0.3, 0.4) is 0 Å². The van der Waals surface area contributed by atoms with Crippen molar-refractivity contribution >= 4 is 0 Å². The Hall–Kier alpha value is -1.34. The molecule has 1 aromatic rings. The fourth-order valence-corrected chi connectivity index (χ4v) is 2.86. The summed E-state index contributed by atoms with van der Waals surface area (Å²) in [5.74, 6) is 0. The summed E-state index contributed by atoms with van der Waals surface area (Å²) in [7, 11) is 0. The van der Waals surface area contributed by atoms with Crippen LogP contribution in [0.25, 0.3) is 0 Å². The summed E-state index contributed by atoms with van der Waals surface area (Å²) in [6.45, 7) is 11.2. The van der Waals surface area contributed by atoms with Crippen LogP contribution >= 0.6 is 0 Å². The maximum Gasteiger partial charge on any atom is 0.0351 e. The molecule has 1 nitrogen and oxygen atoms in total. The molecule has 0 fully saturated rings. The van der Waals surface area contributed by atoms with E-state index in [2.05, 4.69) is 69.0 Å². The van der Waals surface area contributed by atoms with E-state index in [-0.39, 0.29) is 0 Å². The molecule has 0 saturated heterocycles. The molecule has 1 heterocycles. The van der Waals surface area contributed by atoms with Crippen LogP contribution in [0.4, 0.5) is 0 Å². The number of hydrogen-bond donors (Lipinski definition) is 0. The van der Waals surface area contributed by atoms with Crippen LogP contribution < -0.4 is 0 Å². The molecule has 0 aliphatic carbocycles. The normalized spacial score (nSPS) is 20.1. The molecule has 1 atom stereocenters. The highest BCUT2D eigenvalue weighted by molar-refractivity contribution is 5.25. The molecule has 1 aromatic carbocycles. The second-order valence-corrected chi connectivity index (χ2v) is 6.20. The second kappa shape index (κ2) is 6.90. The number of rotatable bonds is 4. The molecule has 0 bridgehead atoms. The van der Waals surface area contributed by atoms with Crippen molar-refractivity contribution in [2.45, 2.75) is 46.6 Å². The zero-order valence-corrected chi connectivity index (χ0v) is 13.3. The zero-order chi connectivity index (χ0) is 14.5. The number of nitrogens with zero attached hydrogens (tertiary/aromatic N) is 1. The van der Waals surface area contributed by atoms with Crippen molar-refractivity contribution in [3.05, 3.63) is 58.7 Å². The summed E-state index contributed by atoms with van der Waals surface area (Å²) in [5.41, 5.74) is 6.00. The number of benzene rings is 1. The Morgan fingerprint density at radius 1 is 1.20 bits per heavy atom. The zero-order valence-electron chi connectivity index (χ0n) is 13.3. The Morgan fingerprint density at radius 3 is 2.55 bits per heavy atom. The quantitative estimate of drug-likeness (QED) is 0.722. The maximum atomic E-state index is 2.63. The van der Waals surface area contributed by atoms with Crippen LogP contribution in [0.15, 0.2) is 53.1 Å². The first-order chi connectivity index (χ1) is 9.58. The van der Waals surface area contributed by atoms with Gasteiger partial charge in [-0.1, -0.05) is 53.1 Å². The predicted octanol–water partition coefficient (Wildman–Crippen LogP) is 4.61. The van der Waals surface area contributed by atoms with Crippen molar-refractivity contribution in [2.75, 3.05) is 13.1 Å². The first-order valence-corrected chi connectivity index (χ1v) is 7.65. The molecule has 1 unspecified atom stereocenters. The molecule has 1 heteroatoms. The maximum absolute atomic E-state index is 2.63. The fraction of sp³-hybridized carbons (Fsp3) is 0.474. The first kappa shape index (κ1) is 15.1. The third kappa shape index (κ3) is 3.83. The Kier molecular flexibility index (Phi) is 5.19. The van der Waals surface area contributed by atoms with Gasteiger partial charge in [0.25, 0.3) is 0 Å². The Balaban J connectivity index is 2.17. The van der Waals surface area contributed by atoms with Crippen molar-refractivity contribution in [3.8, 4) is 0 Å². The predicted molar refractivity (Wildman–Crippen MR) is 87.9 cm³/mol. The van der Waals surface area contributed by atoms with Crippen LogP contribution in [-0.2, 0) is 6.42 Å². The van der Waals surface area contributed by atoms with E-state index >= 15 is 0 Å². The van der Waals surface area contributed by atoms with Crippen molar-refractivity contribution in [1.82, 2.24) is 4.90 Å². The number of allylic oxidation sites excluding steroid dienone is 1. The van der Waals surface area contributed by atoms with Gasteiger partial charge in [-0.25, -0.2) is 0 Å². The summed E-state index contributed by atoms with van der Waals surface area (Å²) in [4.78, 5) is 2.63. The van der Waals surface area contributed by atoms with Gasteiger partial charge in [-0.05, 0) is 46.1 Å². The molecule has 0 aromatic heterocycles. The highest BCUT2D eigenvalue weighted by Gasteiger charge is 2.24. The van der Waals surface area contributed by atoms with E-state index in [1.165, 1.54) is 24.1 Å². The van der Waals surface area contributed by atoms with Gasteiger partial charge in [-0.3, -0.25) is 4.90 Å². The molecule has 1 aliphatic rings. The lowest BCUT2D eigenvalue weighted by atomic mass is 9.90. The lowest BCUT2D eigenvalue weighted by molar-refractivity contribution is 0.229. The smallest absolute Gasteiger partial charge is 0.0351 e. The van der Waals surface area contributed by atoms with Gasteiger partial charge in [0.05, 0.1) is 0 Å². The van der Waals surface area contributed by atoms with Gasteiger partial charge in [0.2, 0.25) is 0 Å².